The Morgan fingerprint density at radius 1 is 1.33 bits per heavy atom. The van der Waals surface area contributed by atoms with Crippen LogP contribution >= 0.6 is 11.8 Å². The third kappa shape index (κ3) is 2.77. The predicted octanol–water partition coefficient (Wildman–Crippen LogP) is 2.00. The van der Waals surface area contributed by atoms with Crippen molar-refractivity contribution in [3.05, 3.63) is 34.8 Å². The quantitative estimate of drug-likeness (QED) is 0.636. The zero-order valence-corrected chi connectivity index (χ0v) is 16.2. The van der Waals surface area contributed by atoms with Crippen molar-refractivity contribution < 1.29 is 18.9 Å². The van der Waals surface area contributed by atoms with Crippen LogP contribution in [-0.2, 0) is 4.79 Å². The highest BCUT2D eigenvalue weighted by molar-refractivity contribution is 7.99. The van der Waals surface area contributed by atoms with Crippen molar-refractivity contribution in [2.45, 2.75) is 32.7 Å². The standard InChI is InChI=1S/C18H20N4O4S/c1-10-6-13(12(3)22(10)15-7-11(2)26-20-15)14(23)8-21-16(24)18(19-17(21)25)4-5-27-9-18/h6-7H,4-5,8-9H2,1-3H3,(H,19,25). The van der Waals surface area contributed by atoms with Crippen molar-refractivity contribution in [3.8, 4) is 5.82 Å². The van der Waals surface area contributed by atoms with Crippen molar-refractivity contribution in [2.24, 2.45) is 0 Å². The minimum absolute atomic E-state index is 0.265. The number of urea groups is 1. The van der Waals surface area contributed by atoms with Gasteiger partial charge in [-0.1, -0.05) is 5.16 Å². The van der Waals surface area contributed by atoms with Crippen LogP contribution in [0, 0.1) is 20.8 Å². The lowest BCUT2D eigenvalue weighted by atomic mass is 9.99. The Kier molecular flexibility index (Phi) is 4.14. The third-order valence-electron chi connectivity index (χ3n) is 5.15. The summed E-state index contributed by atoms with van der Waals surface area (Å²) in [7, 11) is 0. The van der Waals surface area contributed by atoms with Gasteiger partial charge in [0, 0.05) is 28.8 Å². The summed E-state index contributed by atoms with van der Waals surface area (Å²) in [6, 6.07) is 3.05. The monoisotopic (exact) mass is 388 g/mol. The molecule has 2 aromatic heterocycles. The van der Waals surface area contributed by atoms with E-state index >= 15 is 0 Å². The Balaban J connectivity index is 1.59. The molecule has 142 valence electrons. The Hall–Kier alpha value is -2.55. The Morgan fingerprint density at radius 2 is 2.11 bits per heavy atom. The van der Waals surface area contributed by atoms with Gasteiger partial charge in [-0.15, -0.1) is 0 Å². The molecule has 9 heteroatoms. The average molecular weight is 388 g/mol. The van der Waals surface area contributed by atoms with Gasteiger partial charge in [-0.05, 0) is 39.0 Å². The van der Waals surface area contributed by atoms with E-state index in [0.717, 1.165) is 16.3 Å². The summed E-state index contributed by atoms with van der Waals surface area (Å²) in [5.41, 5.74) is 1.15. The number of nitrogens with zero attached hydrogens (tertiary/aromatic N) is 3. The number of hydrogen-bond donors (Lipinski definition) is 1. The summed E-state index contributed by atoms with van der Waals surface area (Å²) in [5, 5.41) is 6.78. The zero-order valence-electron chi connectivity index (χ0n) is 15.4. The number of amides is 3. The Labute approximate surface area is 160 Å². The maximum absolute atomic E-state index is 12.9. The lowest BCUT2D eigenvalue weighted by Gasteiger charge is -2.18. The van der Waals surface area contributed by atoms with Crippen LogP contribution in [0.3, 0.4) is 0 Å². The van der Waals surface area contributed by atoms with E-state index in [1.54, 1.807) is 30.8 Å². The molecular formula is C18H20N4O4S. The van der Waals surface area contributed by atoms with Crippen LogP contribution in [0.1, 0.15) is 33.9 Å². The molecular weight excluding hydrogens is 368 g/mol. The maximum atomic E-state index is 12.9. The number of Topliss-reactive ketones (excluding diaryl/α,β-unsaturated/α-hetero) is 1. The first-order valence-electron chi connectivity index (χ1n) is 8.70. The van der Waals surface area contributed by atoms with Crippen molar-refractivity contribution >= 4 is 29.5 Å². The first-order valence-corrected chi connectivity index (χ1v) is 9.85. The molecule has 2 aliphatic rings. The van der Waals surface area contributed by atoms with E-state index in [0.29, 0.717) is 35.0 Å². The lowest BCUT2D eigenvalue weighted by molar-refractivity contribution is -0.130. The summed E-state index contributed by atoms with van der Waals surface area (Å²) in [5.74, 6) is 2.07. The molecule has 3 amide bonds. The number of carbonyl (C=O) groups is 3. The van der Waals surface area contributed by atoms with E-state index in [4.69, 9.17) is 4.52 Å². The van der Waals surface area contributed by atoms with Gasteiger partial charge in [0.25, 0.3) is 5.91 Å². The number of rotatable bonds is 4. The maximum Gasteiger partial charge on any atom is 0.325 e. The highest BCUT2D eigenvalue weighted by Crippen LogP contribution is 2.33. The van der Waals surface area contributed by atoms with Crippen LogP contribution in [0.2, 0.25) is 0 Å². The van der Waals surface area contributed by atoms with Gasteiger partial charge in [-0.2, -0.15) is 11.8 Å². The van der Waals surface area contributed by atoms with Crippen molar-refractivity contribution in [2.75, 3.05) is 18.1 Å². The number of aromatic nitrogens is 2. The van der Waals surface area contributed by atoms with Crippen LogP contribution in [-0.4, -0.2) is 55.9 Å². The molecule has 0 aromatic carbocycles. The molecule has 0 radical (unpaired) electrons. The van der Waals surface area contributed by atoms with Crippen LogP contribution in [0.5, 0.6) is 0 Å². The Bertz CT molecular complexity index is 955. The minimum atomic E-state index is -0.836. The van der Waals surface area contributed by atoms with Crippen LogP contribution < -0.4 is 5.32 Å². The lowest BCUT2D eigenvalue weighted by Crippen LogP contribution is -2.47. The van der Waals surface area contributed by atoms with Gasteiger partial charge in [0.1, 0.15) is 11.3 Å². The SMILES string of the molecule is Cc1cc(-n2c(C)cc(C(=O)CN3C(=O)NC4(CCSC4)C3=O)c2C)no1. The van der Waals surface area contributed by atoms with Gasteiger partial charge in [-0.25, -0.2) is 4.79 Å². The summed E-state index contributed by atoms with van der Waals surface area (Å²) in [4.78, 5) is 39.0. The van der Waals surface area contributed by atoms with E-state index < -0.39 is 11.6 Å². The van der Waals surface area contributed by atoms with Gasteiger partial charge in [0.15, 0.2) is 11.6 Å². The molecule has 8 nitrogen and oxygen atoms in total. The number of carbonyl (C=O) groups excluding carboxylic acids is 3. The molecule has 0 bridgehead atoms. The van der Waals surface area contributed by atoms with Gasteiger partial charge >= 0.3 is 6.03 Å². The van der Waals surface area contributed by atoms with Crippen LogP contribution in [0.4, 0.5) is 4.79 Å². The smallest absolute Gasteiger partial charge is 0.325 e. The van der Waals surface area contributed by atoms with Gasteiger partial charge in [-0.3, -0.25) is 19.1 Å². The van der Waals surface area contributed by atoms with E-state index in [2.05, 4.69) is 10.5 Å². The minimum Gasteiger partial charge on any atom is -0.360 e. The van der Waals surface area contributed by atoms with Crippen molar-refractivity contribution in [1.82, 2.24) is 19.9 Å². The second kappa shape index (κ2) is 6.26. The number of imide groups is 1. The molecule has 1 N–H and O–H groups in total. The second-order valence-electron chi connectivity index (χ2n) is 7.05. The van der Waals surface area contributed by atoms with E-state index in [1.165, 1.54) is 0 Å². The molecule has 2 aliphatic heterocycles. The van der Waals surface area contributed by atoms with Gasteiger partial charge < -0.3 is 9.84 Å². The second-order valence-corrected chi connectivity index (χ2v) is 8.15. The number of hydrogen-bond acceptors (Lipinski definition) is 6. The van der Waals surface area contributed by atoms with Crippen molar-refractivity contribution in [1.29, 1.82) is 0 Å². The van der Waals surface area contributed by atoms with Gasteiger partial charge in [0.05, 0.1) is 6.54 Å². The largest absolute Gasteiger partial charge is 0.360 e. The first-order chi connectivity index (χ1) is 12.8. The van der Waals surface area contributed by atoms with Crippen LogP contribution in [0.25, 0.3) is 5.82 Å². The molecule has 0 saturated carbocycles. The summed E-state index contributed by atoms with van der Waals surface area (Å²) in [6.45, 7) is 5.21. The molecule has 1 unspecified atom stereocenters. The summed E-state index contributed by atoms with van der Waals surface area (Å²) in [6.07, 6.45) is 0.604. The predicted molar refractivity (Wildman–Crippen MR) is 99.3 cm³/mol. The average Bonchev–Trinajstić information content (AvgIpc) is 3.35. The Morgan fingerprint density at radius 3 is 2.74 bits per heavy atom. The number of aryl methyl sites for hydroxylation is 2. The highest BCUT2D eigenvalue weighted by Gasteiger charge is 2.53. The topological polar surface area (TPSA) is 97.4 Å². The van der Waals surface area contributed by atoms with Crippen molar-refractivity contribution in [3.63, 3.8) is 0 Å². The third-order valence-corrected chi connectivity index (χ3v) is 6.34. The van der Waals surface area contributed by atoms with Gasteiger partial charge in [0.2, 0.25) is 0 Å². The van der Waals surface area contributed by atoms with E-state index in [1.807, 2.05) is 18.4 Å². The molecule has 4 heterocycles. The molecule has 0 aliphatic carbocycles. The normalized spacial score (nSPS) is 22.1. The highest BCUT2D eigenvalue weighted by atomic mass is 32.2. The molecule has 27 heavy (non-hydrogen) atoms. The fourth-order valence-corrected chi connectivity index (χ4v) is 5.06. The fourth-order valence-electron chi connectivity index (χ4n) is 3.74. The summed E-state index contributed by atoms with van der Waals surface area (Å²) >= 11 is 1.63. The fraction of sp³-hybridized carbons (Fsp3) is 0.444. The molecule has 2 saturated heterocycles. The molecule has 2 aromatic rings. The first kappa shape index (κ1) is 17.8. The van der Waals surface area contributed by atoms with E-state index in [-0.39, 0.29) is 18.2 Å². The molecule has 2 fully saturated rings. The number of ketones is 1. The van der Waals surface area contributed by atoms with E-state index in [9.17, 15) is 14.4 Å². The molecule has 4 rings (SSSR count). The number of nitrogens with one attached hydrogen (secondary N) is 1. The van der Waals surface area contributed by atoms with Crippen LogP contribution in [0.15, 0.2) is 16.7 Å². The number of thioether (sulfide) groups is 1. The molecule has 1 spiro atoms. The zero-order chi connectivity index (χ0) is 19.3. The summed E-state index contributed by atoms with van der Waals surface area (Å²) < 4.78 is 6.95. The molecule has 1 atom stereocenters.